The highest BCUT2D eigenvalue weighted by molar-refractivity contribution is 5.74. The van der Waals surface area contributed by atoms with E-state index in [9.17, 15) is 19.7 Å². The molecule has 2 aromatic rings. The molecular formula is C15H15N3O5. The molecule has 0 aliphatic rings. The fourth-order valence-electron chi connectivity index (χ4n) is 2.16. The van der Waals surface area contributed by atoms with Crippen LogP contribution in [0.3, 0.4) is 0 Å². The van der Waals surface area contributed by atoms with Gasteiger partial charge in [-0.3, -0.25) is 14.9 Å². The summed E-state index contributed by atoms with van der Waals surface area (Å²) in [6, 6.07) is 7.78. The summed E-state index contributed by atoms with van der Waals surface area (Å²) in [5, 5.41) is 15.0. The van der Waals surface area contributed by atoms with E-state index in [2.05, 4.69) is 9.84 Å². The average Bonchev–Trinajstić information content (AvgIpc) is 2.57. The maximum Gasteiger partial charge on any atom is 0.330 e. The van der Waals surface area contributed by atoms with Gasteiger partial charge in [0.2, 0.25) is 0 Å². The van der Waals surface area contributed by atoms with E-state index in [0.29, 0.717) is 17.7 Å². The molecule has 0 unspecified atom stereocenters. The minimum Gasteiger partial charge on any atom is -0.467 e. The lowest BCUT2D eigenvalue weighted by molar-refractivity contribution is -0.384. The number of benzene rings is 1. The summed E-state index contributed by atoms with van der Waals surface area (Å²) < 4.78 is 5.72. The van der Waals surface area contributed by atoms with Gasteiger partial charge in [-0.25, -0.2) is 9.48 Å². The second kappa shape index (κ2) is 6.82. The summed E-state index contributed by atoms with van der Waals surface area (Å²) in [4.78, 5) is 34.1. The molecule has 0 spiro atoms. The van der Waals surface area contributed by atoms with Gasteiger partial charge in [-0.2, -0.15) is 5.10 Å². The molecule has 8 heteroatoms. The van der Waals surface area contributed by atoms with Crippen molar-refractivity contribution in [2.75, 3.05) is 7.11 Å². The van der Waals surface area contributed by atoms with Crippen LogP contribution >= 0.6 is 0 Å². The van der Waals surface area contributed by atoms with Crippen LogP contribution in [-0.4, -0.2) is 27.8 Å². The SMILES string of the molecule is CC[C@H](C(=O)OC)n1nc(-c2cccc([N+](=O)[O-])c2)ccc1=O. The molecule has 8 nitrogen and oxygen atoms in total. The van der Waals surface area contributed by atoms with Crippen molar-refractivity contribution in [1.29, 1.82) is 0 Å². The van der Waals surface area contributed by atoms with Gasteiger partial charge in [0.25, 0.3) is 11.2 Å². The van der Waals surface area contributed by atoms with Gasteiger partial charge >= 0.3 is 5.97 Å². The number of nitrogens with zero attached hydrogens (tertiary/aromatic N) is 3. The van der Waals surface area contributed by atoms with Crippen LogP contribution in [0, 0.1) is 10.1 Å². The van der Waals surface area contributed by atoms with E-state index in [4.69, 9.17) is 0 Å². The van der Waals surface area contributed by atoms with Crippen molar-refractivity contribution in [1.82, 2.24) is 9.78 Å². The number of methoxy groups -OCH3 is 1. The minimum atomic E-state index is -0.842. The maximum absolute atomic E-state index is 12.0. The molecule has 1 aromatic heterocycles. The van der Waals surface area contributed by atoms with Crippen molar-refractivity contribution in [3.63, 3.8) is 0 Å². The Hall–Kier alpha value is -3.03. The van der Waals surface area contributed by atoms with Crippen LogP contribution in [0.4, 0.5) is 5.69 Å². The molecule has 0 aliphatic carbocycles. The number of carbonyl (C=O) groups is 1. The first-order chi connectivity index (χ1) is 11.0. The van der Waals surface area contributed by atoms with E-state index in [0.717, 1.165) is 4.68 Å². The Morgan fingerprint density at radius 1 is 1.39 bits per heavy atom. The van der Waals surface area contributed by atoms with Crippen molar-refractivity contribution in [2.45, 2.75) is 19.4 Å². The first-order valence-corrected chi connectivity index (χ1v) is 6.90. The van der Waals surface area contributed by atoms with Gasteiger partial charge in [0.1, 0.15) is 0 Å². The van der Waals surface area contributed by atoms with Crippen LogP contribution in [0.15, 0.2) is 41.2 Å². The smallest absolute Gasteiger partial charge is 0.330 e. The molecule has 0 amide bonds. The summed E-state index contributed by atoms with van der Waals surface area (Å²) >= 11 is 0. The fourth-order valence-corrected chi connectivity index (χ4v) is 2.16. The highest BCUT2D eigenvalue weighted by Gasteiger charge is 2.22. The van der Waals surface area contributed by atoms with Crippen LogP contribution in [0.1, 0.15) is 19.4 Å². The largest absolute Gasteiger partial charge is 0.467 e. The molecule has 120 valence electrons. The summed E-state index contributed by atoms with van der Waals surface area (Å²) in [6.07, 6.45) is 0.331. The zero-order chi connectivity index (χ0) is 17.0. The Bertz CT molecular complexity index is 800. The van der Waals surface area contributed by atoms with Crippen molar-refractivity contribution < 1.29 is 14.5 Å². The van der Waals surface area contributed by atoms with Gasteiger partial charge in [0.15, 0.2) is 6.04 Å². The Morgan fingerprint density at radius 2 is 2.13 bits per heavy atom. The summed E-state index contributed by atoms with van der Waals surface area (Å²) in [6.45, 7) is 1.73. The van der Waals surface area contributed by atoms with Crippen LogP contribution in [-0.2, 0) is 9.53 Å². The van der Waals surface area contributed by atoms with Crippen LogP contribution in [0.5, 0.6) is 0 Å². The van der Waals surface area contributed by atoms with Crippen molar-refractivity contribution in [2.24, 2.45) is 0 Å². The number of esters is 1. The quantitative estimate of drug-likeness (QED) is 0.474. The molecule has 2 rings (SSSR count). The van der Waals surface area contributed by atoms with E-state index in [1.807, 2.05) is 0 Å². The molecule has 0 fully saturated rings. The Morgan fingerprint density at radius 3 is 2.74 bits per heavy atom. The molecule has 1 aromatic carbocycles. The minimum absolute atomic E-state index is 0.0814. The second-order valence-corrected chi connectivity index (χ2v) is 4.76. The zero-order valence-electron chi connectivity index (χ0n) is 12.6. The van der Waals surface area contributed by atoms with Crippen molar-refractivity contribution in [3.8, 4) is 11.3 Å². The standard InChI is InChI=1S/C15H15N3O5/c1-3-13(15(20)23-2)17-14(19)8-7-12(16-17)10-5-4-6-11(9-10)18(21)22/h4-9,13H,3H2,1-2H3/t13-/m1/s1. The number of aromatic nitrogens is 2. The Balaban J connectivity index is 2.52. The van der Waals surface area contributed by atoms with E-state index in [1.165, 1.54) is 37.4 Å². The van der Waals surface area contributed by atoms with Crippen LogP contribution in [0.2, 0.25) is 0 Å². The summed E-state index contributed by atoms with van der Waals surface area (Å²) in [5.41, 5.74) is 0.307. The number of nitro benzene ring substituents is 1. The molecule has 0 N–H and O–H groups in total. The van der Waals surface area contributed by atoms with E-state index in [-0.39, 0.29) is 5.69 Å². The number of nitro groups is 1. The van der Waals surface area contributed by atoms with Gasteiger partial charge in [0.05, 0.1) is 17.7 Å². The third-order valence-corrected chi connectivity index (χ3v) is 3.33. The average molecular weight is 317 g/mol. The van der Waals surface area contributed by atoms with Gasteiger partial charge in [0, 0.05) is 23.8 Å². The molecule has 23 heavy (non-hydrogen) atoms. The maximum atomic E-state index is 12.0. The van der Waals surface area contributed by atoms with E-state index < -0.39 is 22.5 Å². The summed E-state index contributed by atoms with van der Waals surface area (Å²) in [7, 11) is 1.24. The molecular weight excluding hydrogens is 302 g/mol. The van der Waals surface area contributed by atoms with Crippen molar-refractivity contribution >= 4 is 11.7 Å². The van der Waals surface area contributed by atoms with Gasteiger partial charge in [-0.15, -0.1) is 0 Å². The Labute approximate surface area is 131 Å². The third kappa shape index (κ3) is 3.42. The van der Waals surface area contributed by atoms with Crippen molar-refractivity contribution in [3.05, 3.63) is 56.9 Å². The molecule has 1 heterocycles. The third-order valence-electron chi connectivity index (χ3n) is 3.33. The number of hydrogen-bond donors (Lipinski definition) is 0. The zero-order valence-corrected chi connectivity index (χ0v) is 12.6. The topological polar surface area (TPSA) is 104 Å². The Kier molecular flexibility index (Phi) is 4.85. The molecule has 0 saturated heterocycles. The molecule has 1 atom stereocenters. The molecule has 0 saturated carbocycles. The number of rotatable bonds is 5. The molecule has 0 aliphatic heterocycles. The predicted octanol–water partition coefficient (Wildman–Crippen LogP) is 1.94. The van der Waals surface area contributed by atoms with Crippen LogP contribution < -0.4 is 5.56 Å². The highest BCUT2D eigenvalue weighted by Crippen LogP contribution is 2.22. The van der Waals surface area contributed by atoms with E-state index >= 15 is 0 Å². The van der Waals surface area contributed by atoms with Gasteiger partial charge in [-0.1, -0.05) is 19.1 Å². The van der Waals surface area contributed by atoms with Crippen LogP contribution in [0.25, 0.3) is 11.3 Å². The number of non-ortho nitro benzene ring substituents is 1. The van der Waals surface area contributed by atoms with Gasteiger partial charge in [-0.05, 0) is 12.5 Å². The normalized spacial score (nSPS) is 11.7. The number of carbonyl (C=O) groups excluding carboxylic acids is 1. The predicted molar refractivity (Wildman–Crippen MR) is 81.9 cm³/mol. The lowest BCUT2D eigenvalue weighted by Gasteiger charge is -2.15. The second-order valence-electron chi connectivity index (χ2n) is 4.76. The van der Waals surface area contributed by atoms with E-state index in [1.54, 1.807) is 13.0 Å². The lowest BCUT2D eigenvalue weighted by atomic mass is 10.1. The highest BCUT2D eigenvalue weighted by atomic mass is 16.6. The monoisotopic (exact) mass is 317 g/mol. The fraction of sp³-hybridized carbons (Fsp3) is 0.267. The number of ether oxygens (including phenoxy) is 1. The molecule has 0 bridgehead atoms. The first-order valence-electron chi connectivity index (χ1n) is 6.90. The molecule has 0 radical (unpaired) electrons. The lowest BCUT2D eigenvalue weighted by Crippen LogP contribution is -2.32. The first kappa shape index (κ1) is 16.3. The van der Waals surface area contributed by atoms with Gasteiger partial charge < -0.3 is 4.74 Å². The summed E-state index contributed by atoms with van der Waals surface area (Å²) in [5.74, 6) is -0.571. The number of hydrogen-bond acceptors (Lipinski definition) is 6.